The Morgan fingerprint density at radius 1 is 1.04 bits per heavy atom. The van der Waals surface area contributed by atoms with Gasteiger partial charge in [0.2, 0.25) is 0 Å². The summed E-state index contributed by atoms with van der Waals surface area (Å²) in [5.41, 5.74) is 5.50. The van der Waals surface area contributed by atoms with Crippen molar-refractivity contribution in [3.05, 3.63) is 70.9 Å². The van der Waals surface area contributed by atoms with Crippen LogP contribution in [0.5, 0.6) is 0 Å². The van der Waals surface area contributed by atoms with Crippen LogP contribution in [0.3, 0.4) is 0 Å². The lowest BCUT2D eigenvalue weighted by molar-refractivity contribution is 0.0940. The number of aryl methyl sites for hydroxylation is 2. The van der Waals surface area contributed by atoms with E-state index in [0.29, 0.717) is 5.56 Å². The number of hydrogen-bond donors (Lipinski definition) is 1. The molecule has 26 heavy (non-hydrogen) atoms. The molecular formula is C23H28N2O. The van der Waals surface area contributed by atoms with Crippen LogP contribution in [-0.4, -0.2) is 10.5 Å². The smallest absolute Gasteiger partial charge is 0.251 e. The molecule has 3 aromatic rings. The van der Waals surface area contributed by atoms with E-state index in [1.54, 1.807) is 0 Å². The maximum Gasteiger partial charge on any atom is 0.251 e. The second-order valence-electron chi connectivity index (χ2n) is 8.19. The van der Waals surface area contributed by atoms with Crippen LogP contribution >= 0.6 is 0 Å². The second kappa shape index (κ2) is 6.64. The van der Waals surface area contributed by atoms with Gasteiger partial charge < -0.3 is 9.88 Å². The molecule has 1 heterocycles. The lowest BCUT2D eigenvalue weighted by Crippen LogP contribution is -2.26. The Hall–Kier alpha value is -2.55. The van der Waals surface area contributed by atoms with E-state index in [0.717, 1.165) is 16.5 Å². The third-order valence-corrected chi connectivity index (χ3v) is 5.17. The summed E-state index contributed by atoms with van der Waals surface area (Å²) in [5, 5.41) is 4.27. The average Bonchev–Trinajstić information content (AvgIpc) is 2.88. The van der Waals surface area contributed by atoms with Gasteiger partial charge in [0.05, 0.1) is 6.04 Å². The molecule has 0 unspecified atom stereocenters. The molecular weight excluding hydrogens is 320 g/mol. The van der Waals surface area contributed by atoms with Crippen molar-refractivity contribution in [1.82, 2.24) is 9.88 Å². The number of amides is 1. The highest BCUT2D eigenvalue weighted by molar-refractivity contribution is 5.98. The van der Waals surface area contributed by atoms with Crippen LogP contribution in [0.1, 0.15) is 60.9 Å². The van der Waals surface area contributed by atoms with E-state index in [9.17, 15) is 4.79 Å². The zero-order valence-corrected chi connectivity index (χ0v) is 16.6. The first-order valence-electron chi connectivity index (χ1n) is 9.14. The quantitative estimate of drug-likeness (QED) is 0.687. The largest absolute Gasteiger partial charge is 0.348 e. The fourth-order valence-corrected chi connectivity index (χ4v) is 3.24. The molecule has 1 atom stereocenters. The highest BCUT2D eigenvalue weighted by Gasteiger charge is 2.16. The molecule has 3 heteroatoms. The van der Waals surface area contributed by atoms with Crippen molar-refractivity contribution in [2.24, 2.45) is 7.05 Å². The average molecular weight is 348 g/mol. The third kappa shape index (κ3) is 3.52. The third-order valence-electron chi connectivity index (χ3n) is 5.17. The van der Waals surface area contributed by atoms with Gasteiger partial charge in [-0.25, -0.2) is 0 Å². The number of carbonyl (C=O) groups excluding carboxylic acids is 1. The van der Waals surface area contributed by atoms with Crippen LogP contribution in [0, 0.1) is 6.92 Å². The standard InChI is InChI=1S/C23H28N2O/c1-15-13-18-7-8-19(14-21(18)25(15)6)22(26)24-16(2)17-9-11-20(12-10-17)23(3,4)5/h7-14,16H,1-6H3,(H,24,26)/t16-/m0/s1. The Balaban J connectivity index is 1.78. The molecule has 0 bridgehead atoms. The minimum Gasteiger partial charge on any atom is -0.348 e. The lowest BCUT2D eigenvalue weighted by Gasteiger charge is -2.20. The van der Waals surface area contributed by atoms with Crippen molar-refractivity contribution in [2.45, 2.75) is 46.1 Å². The van der Waals surface area contributed by atoms with Crippen molar-refractivity contribution < 1.29 is 4.79 Å². The number of benzene rings is 2. The second-order valence-corrected chi connectivity index (χ2v) is 8.19. The van der Waals surface area contributed by atoms with E-state index < -0.39 is 0 Å². The fraction of sp³-hybridized carbons (Fsp3) is 0.348. The first kappa shape index (κ1) is 18.2. The highest BCUT2D eigenvalue weighted by Crippen LogP contribution is 2.24. The summed E-state index contributed by atoms with van der Waals surface area (Å²) in [6, 6.07) is 16.5. The zero-order valence-electron chi connectivity index (χ0n) is 16.6. The normalized spacial score (nSPS) is 13.0. The number of nitrogens with one attached hydrogen (secondary N) is 1. The summed E-state index contributed by atoms with van der Waals surface area (Å²) in [5.74, 6) is -0.0434. The predicted octanol–water partition coefficient (Wildman–Crippen LogP) is 5.28. The van der Waals surface area contributed by atoms with Crippen LogP contribution < -0.4 is 5.32 Å². The Kier molecular flexibility index (Phi) is 4.66. The number of fused-ring (bicyclic) bond motifs is 1. The number of nitrogens with zero attached hydrogens (tertiary/aromatic N) is 1. The summed E-state index contributed by atoms with van der Waals surface area (Å²) in [4.78, 5) is 12.7. The summed E-state index contributed by atoms with van der Waals surface area (Å²) in [6.07, 6.45) is 0. The van der Waals surface area contributed by atoms with Gasteiger partial charge in [-0.15, -0.1) is 0 Å². The number of rotatable bonds is 3. The van der Waals surface area contributed by atoms with Gasteiger partial charge in [0.25, 0.3) is 5.91 Å². The van der Waals surface area contributed by atoms with Gasteiger partial charge in [-0.1, -0.05) is 51.1 Å². The first-order valence-corrected chi connectivity index (χ1v) is 9.14. The molecule has 3 nitrogen and oxygen atoms in total. The van der Waals surface area contributed by atoms with E-state index in [2.05, 4.69) is 67.9 Å². The zero-order chi connectivity index (χ0) is 19.1. The SMILES string of the molecule is Cc1cc2ccc(C(=O)N[C@@H](C)c3ccc(C(C)(C)C)cc3)cc2n1C. The van der Waals surface area contributed by atoms with E-state index in [4.69, 9.17) is 0 Å². The fourth-order valence-electron chi connectivity index (χ4n) is 3.24. The van der Waals surface area contributed by atoms with Crippen LogP contribution in [0.15, 0.2) is 48.5 Å². The summed E-state index contributed by atoms with van der Waals surface area (Å²) in [6.45, 7) is 10.7. The van der Waals surface area contributed by atoms with Crippen LogP contribution in [0.4, 0.5) is 0 Å². The maximum absolute atomic E-state index is 12.7. The maximum atomic E-state index is 12.7. The molecule has 136 valence electrons. The Labute approximate surface area is 156 Å². The van der Waals surface area contributed by atoms with Crippen LogP contribution in [-0.2, 0) is 12.5 Å². The van der Waals surface area contributed by atoms with Crippen LogP contribution in [0.25, 0.3) is 10.9 Å². The molecule has 3 rings (SSSR count). The molecule has 0 aliphatic carbocycles. The van der Waals surface area contributed by atoms with Crippen molar-refractivity contribution in [1.29, 1.82) is 0 Å². The van der Waals surface area contributed by atoms with Crippen molar-refractivity contribution in [2.75, 3.05) is 0 Å². The van der Waals surface area contributed by atoms with Gasteiger partial charge in [0, 0.05) is 23.8 Å². The minimum absolute atomic E-state index is 0.0395. The van der Waals surface area contributed by atoms with Gasteiger partial charge in [-0.3, -0.25) is 4.79 Å². The van der Waals surface area contributed by atoms with Gasteiger partial charge in [-0.05, 0) is 54.0 Å². The molecule has 0 aliphatic heterocycles. The molecule has 1 amide bonds. The monoisotopic (exact) mass is 348 g/mol. The van der Waals surface area contributed by atoms with E-state index in [1.165, 1.54) is 11.3 Å². The molecule has 0 aliphatic rings. The Morgan fingerprint density at radius 2 is 1.69 bits per heavy atom. The molecule has 0 spiro atoms. The van der Waals surface area contributed by atoms with E-state index >= 15 is 0 Å². The number of hydrogen-bond acceptors (Lipinski definition) is 1. The first-order chi connectivity index (χ1) is 12.2. The number of carbonyl (C=O) groups is 1. The highest BCUT2D eigenvalue weighted by atomic mass is 16.1. The van der Waals surface area contributed by atoms with E-state index in [1.807, 2.05) is 32.2 Å². The van der Waals surface area contributed by atoms with E-state index in [-0.39, 0.29) is 17.4 Å². The molecule has 0 saturated heterocycles. The minimum atomic E-state index is -0.0434. The summed E-state index contributed by atoms with van der Waals surface area (Å²) >= 11 is 0. The lowest BCUT2D eigenvalue weighted by atomic mass is 9.86. The molecule has 0 radical (unpaired) electrons. The summed E-state index contributed by atoms with van der Waals surface area (Å²) < 4.78 is 2.11. The Morgan fingerprint density at radius 3 is 2.31 bits per heavy atom. The molecule has 1 aromatic heterocycles. The van der Waals surface area contributed by atoms with Gasteiger partial charge in [0.1, 0.15) is 0 Å². The van der Waals surface area contributed by atoms with Crippen molar-refractivity contribution in [3.63, 3.8) is 0 Å². The Bertz CT molecular complexity index is 943. The summed E-state index contributed by atoms with van der Waals surface area (Å²) in [7, 11) is 2.03. The van der Waals surface area contributed by atoms with Crippen molar-refractivity contribution >= 4 is 16.8 Å². The molecule has 0 fully saturated rings. The number of aromatic nitrogens is 1. The van der Waals surface area contributed by atoms with Gasteiger partial charge in [-0.2, -0.15) is 0 Å². The molecule has 1 N–H and O–H groups in total. The predicted molar refractivity (Wildman–Crippen MR) is 109 cm³/mol. The van der Waals surface area contributed by atoms with Gasteiger partial charge >= 0.3 is 0 Å². The topological polar surface area (TPSA) is 34.0 Å². The molecule has 2 aromatic carbocycles. The molecule has 0 saturated carbocycles. The van der Waals surface area contributed by atoms with Crippen molar-refractivity contribution in [3.8, 4) is 0 Å². The van der Waals surface area contributed by atoms with Crippen LogP contribution in [0.2, 0.25) is 0 Å². The van der Waals surface area contributed by atoms with Gasteiger partial charge in [0.15, 0.2) is 0 Å².